The Balaban J connectivity index is 0.962. The van der Waals surface area contributed by atoms with E-state index in [1.165, 1.54) is 24.3 Å². The third-order valence-corrected chi connectivity index (χ3v) is 18.0. The van der Waals surface area contributed by atoms with Gasteiger partial charge in [-0.05, 0) is 181 Å². The SMILES string of the molecule is FC(F)(F)c1ccc(-c2ccc(C(F)(F)F)c(-n3c4cc(N(c5ccccc5)c5ccccc5)ccc4c4ccc(N(c5ccccc5)c5ccccc5)cc43)c2)cc1-n1c2cc(N(c3ccccc3)c3ccccc3)ccc2c2ccc(N(c3ccccc3)c3ccccc3)cc21. The van der Waals surface area contributed by atoms with Crippen molar-refractivity contribution >= 4 is 112 Å². The van der Waals surface area contributed by atoms with Crippen LogP contribution in [0.3, 0.4) is 0 Å². The lowest BCUT2D eigenvalue weighted by Crippen LogP contribution is -2.13. The summed E-state index contributed by atoms with van der Waals surface area (Å²) in [7, 11) is 0. The van der Waals surface area contributed by atoms with Crippen LogP contribution in [0.5, 0.6) is 0 Å². The molecule has 12 heteroatoms. The number of alkyl halides is 6. The van der Waals surface area contributed by atoms with E-state index in [-0.39, 0.29) is 22.5 Å². The van der Waals surface area contributed by atoms with Crippen LogP contribution in [0.4, 0.5) is 94.6 Å². The number of aromatic nitrogens is 2. The molecule has 0 aliphatic rings. The van der Waals surface area contributed by atoms with Crippen LogP contribution in [0.1, 0.15) is 11.1 Å². The van der Waals surface area contributed by atoms with Crippen molar-refractivity contribution in [1.82, 2.24) is 9.13 Å². The van der Waals surface area contributed by atoms with Crippen molar-refractivity contribution in [2.75, 3.05) is 19.6 Å². The van der Waals surface area contributed by atoms with Gasteiger partial charge >= 0.3 is 12.4 Å². The summed E-state index contributed by atoms with van der Waals surface area (Å²) >= 11 is 0. The largest absolute Gasteiger partial charge is 0.418 e. The van der Waals surface area contributed by atoms with Crippen LogP contribution in [-0.2, 0) is 12.4 Å². The average Bonchev–Trinajstić information content (AvgIpc) is 1.57. The zero-order valence-electron chi connectivity index (χ0n) is 52.4. The van der Waals surface area contributed by atoms with E-state index in [0.717, 1.165) is 57.6 Å². The predicted molar refractivity (Wildman–Crippen MR) is 389 cm³/mol. The predicted octanol–water partition coefficient (Wildman–Crippen LogP) is 25.5. The molecule has 0 amide bonds. The molecule has 16 rings (SSSR count). The minimum Gasteiger partial charge on any atom is -0.310 e. The maximum atomic E-state index is 16.5. The molecule has 0 N–H and O–H groups in total. The molecule has 0 bridgehead atoms. The van der Waals surface area contributed by atoms with Gasteiger partial charge in [0, 0.05) is 89.8 Å². The molecule has 0 unspecified atom stereocenters. The van der Waals surface area contributed by atoms with Crippen LogP contribution in [0.2, 0.25) is 0 Å². The number of hydrogen-bond donors (Lipinski definition) is 0. The van der Waals surface area contributed by atoms with E-state index in [0.29, 0.717) is 66.4 Å². The number of rotatable bonds is 15. The van der Waals surface area contributed by atoms with E-state index >= 15 is 26.3 Å². The van der Waals surface area contributed by atoms with Crippen molar-refractivity contribution < 1.29 is 26.3 Å². The lowest BCUT2D eigenvalue weighted by molar-refractivity contribution is -0.138. The highest BCUT2D eigenvalue weighted by molar-refractivity contribution is 6.13. The van der Waals surface area contributed by atoms with Gasteiger partial charge in [0.15, 0.2) is 0 Å². The maximum absolute atomic E-state index is 16.5. The number of fused-ring (bicyclic) bond motifs is 6. The lowest BCUT2D eigenvalue weighted by Gasteiger charge is -2.26. The lowest BCUT2D eigenvalue weighted by atomic mass is 9.98. The standard InChI is InChI=1S/C86H58F6N6/c87-85(88,89)77-51-41-59(53-83(77)97-79-55-69(93(61-25-9-1-10-26-61)62-27-11-2-12-28-62)43-47-73(79)74-48-44-70(56-80(74)97)94(63-29-13-3-14-30-63)64-31-15-4-16-32-64)60-42-52-78(86(90,91)92)84(54-60)98-81-57-71(95(65-33-17-5-18-34-65)66-35-19-6-20-36-66)45-49-75(81)76-50-46-72(58-82(76)98)96(67-37-21-7-22-38-67)68-39-23-8-24-40-68/h1-58H. The molecule has 474 valence electrons. The molecule has 0 saturated carbocycles. The zero-order chi connectivity index (χ0) is 66.5. The fourth-order valence-corrected chi connectivity index (χ4v) is 13.7. The second kappa shape index (κ2) is 25.0. The Morgan fingerprint density at radius 1 is 0.194 bits per heavy atom. The van der Waals surface area contributed by atoms with Gasteiger partial charge in [0.05, 0.1) is 44.6 Å². The van der Waals surface area contributed by atoms with Crippen molar-refractivity contribution in [3.05, 3.63) is 363 Å². The Kier molecular flexibility index (Phi) is 15.4. The third kappa shape index (κ3) is 11.2. The summed E-state index contributed by atoms with van der Waals surface area (Å²) in [4.78, 5) is 8.25. The first-order valence-corrected chi connectivity index (χ1v) is 32.1. The number of benzene rings is 14. The molecule has 0 atom stereocenters. The molecule has 2 heterocycles. The summed E-state index contributed by atoms with van der Waals surface area (Å²) in [6.07, 6.45) is -9.84. The van der Waals surface area contributed by atoms with Gasteiger partial charge in [-0.15, -0.1) is 0 Å². The fourth-order valence-electron chi connectivity index (χ4n) is 13.7. The zero-order valence-corrected chi connectivity index (χ0v) is 52.4. The summed E-state index contributed by atoms with van der Waals surface area (Å²) in [5.41, 5.74) is 9.31. The molecule has 0 saturated heterocycles. The summed E-state index contributed by atoms with van der Waals surface area (Å²) in [5.74, 6) is 0. The topological polar surface area (TPSA) is 22.8 Å². The van der Waals surface area contributed by atoms with Crippen molar-refractivity contribution in [3.8, 4) is 22.5 Å². The Labute approximate surface area is 561 Å². The number of para-hydroxylation sites is 8. The minimum atomic E-state index is -4.92. The fraction of sp³-hybridized carbons (Fsp3) is 0.0233. The molecular formula is C86H58F6N6. The molecule has 14 aromatic carbocycles. The van der Waals surface area contributed by atoms with Gasteiger partial charge in [0.25, 0.3) is 0 Å². The van der Waals surface area contributed by atoms with Crippen molar-refractivity contribution in [3.63, 3.8) is 0 Å². The number of hydrogen-bond acceptors (Lipinski definition) is 4. The maximum Gasteiger partial charge on any atom is 0.418 e. The first-order valence-electron chi connectivity index (χ1n) is 32.1. The molecule has 0 aliphatic heterocycles. The van der Waals surface area contributed by atoms with Gasteiger partial charge in [0.2, 0.25) is 0 Å². The highest BCUT2D eigenvalue weighted by atomic mass is 19.4. The molecule has 0 fully saturated rings. The summed E-state index contributed by atoms with van der Waals surface area (Å²) < 4.78 is 102. The van der Waals surface area contributed by atoms with Crippen LogP contribution in [0, 0.1) is 0 Å². The van der Waals surface area contributed by atoms with E-state index in [1.54, 1.807) is 9.13 Å². The summed E-state index contributed by atoms with van der Waals surface area (Å²) in [6, 6.07) is 109. The van der Waals surface area contributed by atoms with Crippen molar-refractivity contribution in [1.29, 1.82) is 0 Å². The molecule has 98 heavy (non-hydrogen) atoms. The minimum absolute atomic E-state index is 0.224. The van der Waals surface area contributed by atoms with Gasteiger partial charge in [-0.2, -0.15) is 26.3 Å². The van der Waals surface area contributed by atoms with Crippen LogP contribution >= 0.6 is 0 Å². The summed E-state index contributed by atoms with van der Waals surface area (Å²) in [5, 5.41) is 2.72. The Morgan fingerprint density at radius 3 is 0.571 bits per heavy atom. The second-order valence-electron chi connectivity index (χ2n) is 24.0. The second-order valence-corrected chi connectivity index (χ2v) is 24.0. The van der Waals surface area contributed by atoms with Gasteiger partial charge in [-0.25, -0.2) is 0 Å². The normalized spacial score (nSPS) is 11.8. The molecule has 0 aliphatic carbocycles. The molecule has 0 radical (unpaired) electrons. The molecule has 2 aromatic heterocycles. The van der Waals surface area contributed by atoms with E-state index in [4.69, 9.17) is 0 Å². The summed E-state index contributed by atoms with van der Waals surface area (Å²) in [6.45, 7) is 0. The van der Waals surface area contributed by atoms with Crippen molar-refractivity contribution in [2.24, 2.45) is 0 Å². The first kappa shape index (κ1) is 60.4. The molecule has 0 spiro atoms. The number of anilines is 12. The Morgan fingerprint density at radius 2 is 0.388 bits per heavy atom. The van der Waals surface area contributed by atoms with Gasteiger partial charge < -0.3 is 28.7 Å². The molecule has 16 aromatic rings. The van der Waals surface area contributed by atoms with Crippen molar-refractivity contribution in [2.45, 2.75) is 12.4 Å². The van der Waals surface area contributed by atoms with Crippen LogP contribution < -0.4 is 19.6 Å². The van der Waals surface area contributed by atoms with E-state index in [1.807, 2.05) is 315 Å². The van der Waals surface area contributed by atoms with Crippen LogP contribution in [0.25, 0.3) is 66.1 Å². The number of halogens is 6. The number of nitrogens with zero attached hydrogens (tertiary/aromatic N) is 6. The highest BCUT2D eigenvalue weighted by Crippen LogP contribution is 2.49. The third-order valence-electron chi connectivity index (χ3n) is 18.0. The monoisotopic (exact) mass is 1290 g/mol. The van der Waals surface area contributed by atoms with E-state index in [9.17, 15) is 0 Å². The quantitative estimate of drug-likeness (QED) is 0.0954. The average molecular weight is 1290 g/mol. The van der Waals surface area contributed by atoms with Crippen LogP contribution in [0.15, 0.2) is 352 Å². The van der Waals surface area contributed by atoms with Gasteiger partial charge in [0.1, 0.15) is 0 Å². The van der Waals surface area contributed by atoms with E-state index < -0.39 is 23.5 Å². The van der Waals surface area contributed by atoms with Gasteiger partial charge in [-0.3, -0.25) is 0 Å². The molecule has 6 nitrogen and oxygen atoms in total. The molecular weight excluding hydrogens is 1230 g/mol. The smallest absolute Gasteiger partial charge is 0.310 e. The van der Waals surface area contributed by atoms with Gasteiger partial charge in [-0.1, -0.05) is 182 Å². The Hall–Kier alpha value is -12.5. The Bertz CT molecular complexity index is 4750. The first-order chi connectivity index (χ1) is 47.9. The van der Waals surface area contributed by atoms with E-state index in [2.05, 4.69) is 19.6 Å². The van der Waals surface area contributed by atoms with Crippen LogP contribution in [-0.4, -0.2) is 9.13 Å². The highest BCUT2D eigenvalue weighted by Gasteiger charge is 2.38.